The van der Waals surface area contributed by atoms with Gasteiger partial charge in [-0.25, -0.2) is 4.98 Å². The van der Waals surface area contributed by atoms with Crippen molar-refractivity contribution >= 4 is 21.5 Å². The van der Waals surface area contributed by atoms with Crippen LogP contribution >= 0.6 is 0 Å². The molecule has 19 heavy (non-hydrogen) atoms. The lowest BCUT2D eigenvalue weighted by Gasteiger charge is -2.10. The van der Waals surface area contributed by atoms with Crippen molar-refractivity contribution < 1.29 is 8.42 Å². The monoisotopic (exact) mass is 277 g/mol. The first-order valence-corrected chi connectivity index (χ1v) is 6.73. The molecule has 7 nitrogen and oxygen atoms in total. The molecular weight excluding hydrogens is 266 g/mol. The molecule has 1 heterocycles. The topological polar surface area (TPSA) is 114 Å². The van der Waals surface area contributed by atoms with Crippen LogP contribution in [0.1, 0.15) is 5.56 Å². The first-order chi connectivity index (χ1) is 8.95. The number of nitrogens with two attached hydrogens (primary N) is 1. The summed E-state index contributed by atoms with van der Waals surface area (Å²) < 4.78 is 28.1. The van der Waals surface area contributed by atoms with E-state index in [2.05, 4.69) is 9.71 Å². The minimum atomic E-state index is -3.89. The Labute approximate surface area is 110 Å². The lowest BCUT2D eigenvalue weighted by atomic mass is 10.2. The highest BCUT2D eigenvalue weighted by Gasteiger charge is 2.23. The van der Waals surface area contributed by atoms with Crippen LogP contribution in [-0.4, -0.2) is 18.0 Å². The summed E-state index contributed by atoms with van der Waals surface area (Å²) in [5.41, 5.74) is 5.96. The maximum Gasteiger partial charge on any atom is 0.281 e. The van der Waals surface area contributed by atoms with E-state index in [9.17, 15) is 8.42 Å². The lowest BCUT2D eigenvalue weighted by Crippen LogP contribution is -2.18. The summed E-state index contributed by atoms with van der Waals surface area (Å²) in [7, 11) is -2.37. The Morgan fingerprint density at radius 1 is 1.42 bits per heavy atom. The quantitative estimate of drug-likeness (QED) is 0.856. The van der Waals surface area contributed by atoms with Crippen LogP contribution in [0, 0.1) is 11.3 Å². The summed E-state index contributed by atoms with van der Waals surface area (Å²) in [5, 5.41) is 8.79. The smallest absolute Gasteiger partial charge is 0.281 e. The van der Waals surface area contributed by atoms with Crippen LogP contribution in [0.4, 0.5) is 11.5 Å². The highest BCUT2D eigenvalue weighted by atomic mass is 32.2. The van der Waals surface area contributed by atoms with Gasteiger partial charge in [-0.15, -0.1) is 0 Å². The van der Waals surface area contributed by atoms with Gasteiger partial charge in [-0.2, -0.15) is 13.7 Å². The number of anilines is 2. The highest BCUT2D eigenvalue weighted by molar-refractivity contribution is 7.92. The van der Waals surface area contributed by atoms with Crippen molar-refractivity contribution in [3.05, 3.63) is 36.2 Å². The van der Waals surface area contributed by atoms with Gasteiger partial charge < -0.3 is 10.3 Å². The molecule has 1 aromatic heterocycles. The van der Waals surface area contributed by atoms with Crippen LogP contribution < -0.4 is 10.5 Å². The molecule has 1 aromatic carbocycles. The third-order valence-corrected chi connectivity index (χ3v) is 3.95. The van der Waals surface area contributed by atoms with Gasteiger partial charge in [0, 0.05) is 7.05 Å². The maximum atomic E-state index is 12.2. The van der Waals surface area contributed by atoms with E-state index in [1.165, 1.54) is 30.1 Å². The summed E-state index contributed by atoms with van der Waals surface area (Å²) in [6.07, 6.45) is 1.31. The largest absolute Gasteiger partial charge is 0.381 e. The molecule has 0 saturated heterocycles. The SMILES string of the molecule is Cn1cnc(N)c1S(=O)(=O)Nc1ccccc1C#N. The third kappa shape index (κ3) is 2.36. The Kier molecular flexibility index (Phi) is 3.14. The first-order valence-electron chi connectivity index (χ1n) is 5.24. The van der Waals surface area contributed by atoms with Gasteiger partial charge in [0.2, 0.25) is 0 Å². The molecule has 2 rings (SSSR count). The van der Waals surface area contributed by atoms with E-state index >= 15 is 0 Å². The van der Waals surface area contributed by atoms with Crippen molar-refractivity contribution in [2.75, 3.05) is 10.5 Å². The number of rotatable bonds is 3. The number of benzene rings is 1. The summed E-state index contributed by atoms with van der Waals surface area (Å²) in [6, 6.07) is 8.21. The van der Waals surface area contributed by atoms with Crippen molar-refractivity contribution in [1.82, 2.24) is 9.55 Å². The Morgan fingerprint density at radius 3 is 2.68 bits per heavy atom. The number of nitrogen functional groups attached to an aromatic ring is 1. The van der Waals surface area contributed by atoms with Crippen molar-refractivity contribution in [1.29, 1.82) is 5.26 Å². The summed E-state index contributed by atoms with van der Waals surface area (Å²) in [6.45, 7) is 0. The second-order valence-electron chi connectivity index (χ2n) is 3.81. The summed E-state index contributed by atoms with van der Waals surface area (Å²) >= 11 is 0. The fourth-order valence-electron chi connectivity index (χ4n) is 1.63. The highest BCUT2D eigenvalue weighted by Crippen LogP contribution is 2.21. The van der Waals surface area contributed by atoms with Crippen LogP contribution in [0.15, 0.2) is 35.6 Å². The van der Waals surface area contributed by atoms with E-state index < -0.39 is 10.0 Å². The number of aryl methyl sites for hydroxylation is 1. The maximum absolute atomic E-state index is 12.2. The normalized spacial score (nSPS) is 10.9. The molecule has 0 spiro atoms. The van der Waals surface area contributed by atoms with E-state index in [1.54, 1.807) is 12.1 Å². The second-order valence-corrected chi connectivity index (χ2v) is 5.41. The fraction of sp³-hybridized carbons (Fsp3) is 0.0909. The van der Waals surface area contributed by atoms with E-state index in [0.717, 1.165) is 0 Å². The number of hydrogen-bond acceptors (Lipinski definition) is 5. The average molecular weight is 277 g/mol. The number of hydrogen-bond donors (Lipinski definition) is 2. The molecule has 0 aliphatic heterocycles. The number of aromatic nitrogens is 2. The summed E-state index contributed by atoms with van der Waals surface area (Å²) in [5.74, 6) is -0.0931. The number of imidazole rings is 1. The van der Waals surface area contributed by atoms with E-state index in [1.807, 2.05) is 6.07 Å². The average Bonchev–Trinajstić information content (AvgIpc) is 2.70. The zero-order valence-corrected chi connectivity index (χ0v) is 10.8. The van der Waals surface area contributed by atoms with Crippen molar-refractivity contribution in [2.24, 2.45) is 7.05 Å². The Morgan fingerprint density at radius 2 is 2.11 bits per heavy atom. The molecule has 0 radical (unpaired) electrons. The van der Waals surface area contributed by atoms with Crippen LogP contribution in [0.3, 0.4) is 0 Å². The Bertz CT molecular complexity index is 738. The van der Waals surface area contributed by atoms with Crippen LogP contribution in [0.25, 0.3) is 0 Å². The van der Waals surface area contributed by atoms with Gasteiger partial charge in [-0.3, -0.25) is 4.72 Å². The molecule has 0 fully saturated rings. The van der Waals surface area contributed by atoms with Gasteiger partial charge >= 0.3 is 0 Å². The second kappa shape index (κ2) is 4.62. The van der Waals surface area contributed by atoms with E-state index in [0.29, 0.717) is 0 Å². The minimum absolute atomic E-state index is 0.0931. The molecule has 0 saturated carbocycles. The van der Waals surface area contributed by atoms with Gasteiger partial charge in [0.25, 0.3) is 10.0 Å². The Hall–Kier alpha value is -2.53. The summed E-state index contributed by atoms with van der Waals surface area (Å²) in [4.78, 5) is 3.72. The zero-order valence-electron chi connectivity index (χ0n) is 10.0. The number of sulfonamides is 1. The molecule has 0 aliphatic rings. The fourth-order valence-corrected chi connectivity index (χ4v) is 2.95. The molecule has 3 N–H and O–H groups in total. The zero-order chi connectivity index (χ0) is 14.0. The molecule has 98 valence electrons. The predicted molar refractivity (Wildman–Crippen MR) is 69.6 cm³/mol. The van der Waals surface area contributed by atoms with Crippen LogP contribution in [0.2, 0.25) is 0 Å². The van der Waals surface area contributed by atoms with Crippen LogP contribution in [-0.2, 0) is 17.1 Å². The van der Waals surface area contributed by atoms with E-state index in [4.69, 9.17) is 11.0 Å². The van der Waals surface area contributed by atoms with Gasteiger partial charge in [0.15, 0.2) is 10.8 Å². The Balaban J connectivity index is 2.46. The molecular formula is C11H11N5O2S. The first kappa shape index (κ1) is 12.9. The third-order valence-electron chi connectivity index (χ3n) is 2.46. The van der Waals surface area contributed by atoms with Crippen molar-refractivity contribution in [3.8, 4) is 6.07 Å². The number of nitrogens with zero attached hydrogens (tertiary/aromatic N) is 3. The molecule has 0 unspecified atom stereocenters. The van der Waals surface area contributed by atoms with Gasteiger partial charge in [0.05, 0.1) is 17.6 Å². The standard InChI is InChI=1S/C11H11N5O2S/c1-16-7-14-10(13)11(16)19(17,18)15-9-5-3-2-4-8(9)6-12/h2-5,7,15H,13H2,1H3. The van der Waals surface area contributed by atoms with Crippen LogP contribution in [0.5, 0.6) is 0 Å². The van der Waals surface area contributed by atoms with Crippen molar-refractivity contribution in [2.45, 2.75) is 5.03 Å². The predicted octanol–water partition coefficient (Wildman–Crippen LogP) is 0.675. The minimum Gasteiger partial charge on any atom is -0.381 e. The molecule has 8 heteroatoms. The molecule has 0 aliphatic carbocycles. The lowest BCUT2D eigenvalue weighted by molar-refractivity contribution is 0.592. The van der Waals surface area contributed by atoms with Gasteiger partial charge in [-0.1, -0.05) is 12.1 Å². The van der Waals surface area contributed by atoms with E-state index in [-0.39, 0.29) is 22.1 Å². The molecule has 0 atom stereocenters. The number of nitriles is 1. The molecule has 0 amide bonds. The van der Waals surface area contributed by atoms with Gasteiger partial charge in [0.1, 0.15) is 6.07 Å². The van der Waals surface area contributed by atoms with Crippen molar-refractivity contribution in [3.63, 3.8) is 0 Å². The number of nitrogens with one attached hydrogen (secondary N) is 1. The number of para-hydroxylation sites is 1. The van der Waals surface area contributed by atoms with Gasteiger partial charge in [-0.05, 0) is 12.1 Å². The molecule has 2 aromatic rings. The molecule has 0 bridgehead atoms.